The summed E-state index contributed by atoms with van der Waals surface area (Å²) in [6, 6.07) is 17.6. The second-order valence-corrected chi connectivity index (χ2v) is 6.35. The third-order valence-corrected chi connectivity index (χ3v) is 4.28. The maximum atomic E-state index is 12.2. The highest BCUT2D eigenvalue weighted by Gasteiger charge is 2.35. The van der Waals surface area contributed by atoms with Crippen molar-refractivity contribution in [3.8, 4) is 0 Å². The predicted molar refractivity (Wildman–Crippen MR) is 94.0 cm³/mol. The number of amides is 1. The van der Waals surface area contributed by atoms with Gasteiger partial charge in [-0.1, -0.05) is 60.2 Å². The highest BCUT2D eigenvalue weighted by molar-refractivity contribution is 5.68. The molecule has 25 heavy (non-hydrogen) atoms. The van der Waals surface area contributed by atoms with Crippen molar-refractivity contribution >= 4 is 6.09 Å². The third kappa shape index (κ3) is 4.81. The lowest BCUT2D eigenvalue weighted by Gasteiger charge is -2.16. The molecule has 2 atom stereocenters. The molecular weight excluding hydrogens is 318 g/mol. The SMILES string of the molecule is Cc1ccc(CO[C@@H]2CN(C(=O)OCc3ccccc3)C[C@H]2O)cc1. The lowest BCUT2D eigenvalue weighted by molar-refractivity contribution is -0.0175. The van der Waals surface area contributed by atoms with E-state index in [9.17, 15) is 9.90 Å². The van der Waals surface area contributed by atoms with E-state index in [1.165, 1.54) is 10.5 Å². The van der Waals surface area contributed by atoms with Crippen LogP contribution in [0.5, 0.6) is 0 Å². The highest BCUT2D eigenvalue weighted by atomic mass is 16.6. The van der Waals surface area contributed by atoms with Crippen molar-refractivity contribution in [3.63, 3.8) is 0 Å². The van der Waals surface area contributed by atoms with Crippen molar-refractivity contribution in [1.82, 2.24) is 4.90 Å². The molecule has 1 heterocycles. The van der Waals surface area contributed by atoms with E-state index < -0.39 is 18.3 Å². The highest BCUT2D eigenvalue weighted by Crippen LogP contribution is 2.17. The number of β-amino-alcohol motifs (C(OH)–C–C–N with tert-alkyl or cyclic N) is 1. The van der Waals surface area contributed by atoms with E-state index in [4.69, 9.17) is 9.47 Å². The van der Waals surface area contributed by atoms with E-state index in [0.29, 0.717) is 13.2 Å². The molecule has 1 saturated heterocycles. The minimum Gasteiger partial charge on any atom is -0.445 e. The van der Waals surface area contributed by atoms with Crippen LogP contribution in [0.2, 0.25) is 0 Å². The van der Waals surface area contributed by atoms with Crippen LogP contribution in [0.3, 0.4) is 0 Å². The maximum Gasteiger partial charge on any atom is 0.410 e. The molecule has 0 aliphatic carbocycles. The molecule has 5 heteroatoms. The Morgan fingerprint density at radius 3 is 2.44 bits per heavy atom. The summed E-state index contributed by atoms with van der Waals surface area (Å²) >= 11 is 0. The smallest absolute Gasteiger partial charge is 0.410 e. The average molecular weight is 341 g/mol. The first-order valence-corrected chi connectivity index (χ1v) is 8.42. The largest absolute Gasteiger partial charge is 0.445 e. The summed E-state index contributed by atoms with van der Waals surface area (Å²) in [6.07, 6.45) is -1.52. The van der Waals surface area contributed by atoms with Crippen LogP contribution in [-0.2, 0) is 22.7 Å². The zero-order valence-electron chi connectivity index (χ0n) is 14.3. The number of hydrogen-bond donors (Lipinski definition) is 1. The Kier molecular flexibility index (Phi) is 5.68. The molecule has 1 amide bonds. The number of carbonyl (C=O) groups is 1. The van der Waals surface area contributed by atoms with Crippen LogP contribution in [0.25, 0.3) is 0 Å². The zero-order valence-corrected chi connectivity index (χ0v) is 14.3. The molecule has 1 aliphatic rings. The van der Waals surface area contributed by atoms with Crippen LogP contribution >= 0.6 is 0 Å². The van der Waals surface area contributed by atoms with Gasteiger partial charge < -0.3 is 19.5 Å². The van der Waals surface area contributed by atoms with E-state index in [1.54, 1.807) is 0 Å². The van der Waals surface area contributed by atoms with Crippen molar-refractivity contribution in [2.45, 2.75) is 32.3 Å². The number of aliphatic hydroxyl groups is 1. The van der Waals surface area contributed by atoms with Crippen LogP contribution in [0, 0.1) is 6.92 Å². The number of ether oxygens (including phenoxy) is 2. The van der Waals surface area contributed by atoms with Gasteiger partial charge in [0.15, 0.2) is 0 Å². The summed E-state index contributed by atoms with van der Waals surface area (Å²) < 4.78 is 11.1. The van der Waals surface area contributed by atoms with Gasteiger partial charge in [-0.2, -0.15) is 0 Å². The molecule has 3 rings (SSSR count). The summed E-state index contributed by atoms with van der Waals surface area (Å²) in [5, 5.41) is 10.1. The van der Waals surface area contributed by atoms with Crippen LogP contribution in [-0.4, -0.2) is 41.4 Å². The molecule has 0 unspecified atom stereocenters. The van der Waals surface area contributed by atoms with Gasteiger partial charge >= 0.3 is 6.09 Å². The molecule has 1 N–H and O–H groups in total. The number of aryl methyl sites for hydroxylation is 1. The molecule has 5 nitrogen and oxygen atoms in total. The van der Waals surface area contributed by atoms with Gasteiger partial charge in [0.2, 0.25) is 0 Å². The van der Waals surface area contributed by atoms with Crippen molar-refractivity contribution in [2.24, 2.45) is 0 Å². The van der Waals surface area contributed by atoms with Gasteiger partial charge in [-0.15, -0.1) is 0 Å². The standard InChI is InChI=1S/C20H23NO4/c1-15-7-9-17(10-8-15)13-24-19-12-21(11-18(19)22)20(23)25-14-16-5-3-2-4-6-16/h2-10,18-19,22H,11-14H2,1H3/t18-,19-/m1/s1. The molecule has 2 aromatic rings. The number of nitrogens with zero attached hydrogens (tertiary/aromatic N) is 1. The molecule has 0 saturated carbocycles. The second kappa shape index (κ2) is 8.14. The van der Waals surface area contributed by atoms with Gasteiger partial charge in [0.25, 0.3) is 0 Å². The van der Waals surface area contributed by atoms with Gasteiger partial charge in [0, 0.05) is 0 Å². The Bertz CT molecular complexity index is 687. The van der Waals surface area contributed by atoms with Crippen molar-refractivity contribution < 1.29 is 19.4 Å². The summed E-state index contributed by atoms with van der Waals surface area (Å²) in [4.78, 5) is 13.7. The lowest BCUT2D eigenvalue weighted by atomic mass is 10.2. The Labute approximate surface area is 147 Å². The number of hydrogen-bond acceptors (Lipinski definition) is 4. The number of likely N-dealkylation sites (tertiary alicyclic amines) is 1. The first-order valence-electron chi connectivity index (χ1n) is 8.42. The molecule has 0 aromatic heterocycles. The lowest BCUT2D eigenvalue weighted by Crippen LogP contribution is -2.30. The monoisotopic (exact) mass is 341 g/mol. The fourth-order valence-corrected chi connectivity index (χ4v) is 2.77. The summed E-state index contributed by atoms with van der Waals surface area (Å²) in [5.41, 5.74) is 3.17. The molecular formula is C20H23NO4. The molecule has 132 valence electrons. The van der Waals surface area contributed by atoms with Gasteiger partial charge in [-0.3, -0.25) is 0 Å². The van der Waals surface area contributed by atoms with E-state index in [1.807, 2.05) is 61.5 Å². The normalized spacial score (nSPS) is 19.8. The number of rotatable bonds is 5. The number of benzene rings is 2. The van der Waals surface area contributed by atoms with Crippen molar-refractivity contribution in [1.29, 1.82) is 0 Å². The first kappa shape index (κ1) is 17.5. The summed E-state index contributed by atoms with van der Waals surface area (Å²) in [6.45, 7) is 3.23. The molecule has 0 radical (unpaired) electrons. The van der Waals surface area contributed by atoms with Gasteiger partial charge in [-0.05, 0) is 18.1 Å². The average Bonchev–Trinajstić information content (AvgIpc) is 3.01. The number of carbonyl (C=O) groups excluding carboxylic acids is 1. The van der Waals surface area contributed by atoms with E-state index in [2.05, 4.69) is 0 Å². The fourth-order valence-electron chi connectivity index (χ4n) is 2.77. The maximum absolute atomic E-state index is 12.2. The van der Waals surface area contributed by atoms with Crippen molar-refractivity contribution in [2.75, 3.05) is 13.1 Å². The van der Waals surface area contributed by atoms with Crippen molar-refractivity contribution in [3.05, 3.63) is 71.3 Å². The number of aliphatic hydroxyl groups excluding tert-OH is 1. The van der Waals surface area contributed by atoms with E-state index in [-0.39, 0.29) is 13.2 Å². The fraction of sp³-hybridized carbons (Fsp3) is 0.350. The Morgan fingerprint density at radius 1 is 1.04 bits per heavy atom. The predicted octanol–water partition coefficient (Wildman–Crippen LogP) is 2.89. The molecule has 0 spiro atoms. The Balaban J connectivity index is 1.47. The topological polar surface area (TPSA) is 59.0 Å². The van der Waals surface area contributed by atoms with Crippen LogP contribution in [0.4, 0.5) is 4.79 Å². The second-order valence-electron chi connectivity index (χ2n) is 6.35. The molecule has 0 bridgehead atoms. The van der Waals surface area contributed by atoms with Gasteiger partial charge in [-0.25, -0.2) is 4.79 Å². The third-order valence-electron chi connectivity index (χ3n) is 4.28. The zero-order chi connectivity index (χ0) is 17.6. The molecule has 1 aliphatic heterocycles. The van der Waals surface area contributed by atoms with E-state index in [0.717, 1.165) is 11.1 Å². The summed E-state index contributed by atoms with van der Waals surface area (Å²) in [5.74, 6) is 0. The van der Waals surface area contributed by atoms with Crippen LogP contribution in [0.1, 0.15) is 16.7 Å². The Hall–Kier alpha value is -2.37. The van der Waals surface area contributed by atoms with Gasteiger partial charge in [0.1, 0.15) is 12.7 Å². The van der Waals surface area contributed by atoms with Crippen LogP contribution in [0.15, 0.2) is 54.6 Å². The molecule has 2 aromatic carbocycles. The summed E-state index contributed by atoms with van der Waals surface area (Å²) in [7, 11) is 0. The van der Waals surface area contributed by atoms with Gasteiger partial charge in [0.05, 0.1) is 25.8 Å². The first-order chi connectivity index (χ1) is 12.1. The minimum absolute atomic E-state index is 0.223. The molecule has 1 fully saturated rings. The van der Waals surface area contributed by atoms with E-state index >= 15 is 0 Å². The minimum atomic E-state index is -0.699. The van der Waals surface area contributed by atoms with Crippen LogP contribution < -0.4 is 0 Å². The Morgan fingerprint density at radius 2 is 1.72 bits per heavy atom. The quantitative estimate of drug-likeness (QED) is 0.908.